The first-order chi connectivity index (χ1) is 6.43. The minimum atomic E-state index is -0.590. The Morgan fingerprint density at radius 2 is 1.71 bits per heavy atom. The van der Waals surface area contributed by atoms with Gasteiger partial charge in [0.05, 0.1) is 5.56 Å². The quantitative estimate of drug-likeness (QED) is 0.547. The van der Waals surface area contributed by atoms with Crippen LogP contribution in [0.2, 0.25) is 0 Å². The van der Waals surface area contributed by atoms with Crippen LogP contribution in [-0.2, 0) is 9.53 Å². The Hall–Kier alpha value is -1.58. The Labute approximate surface area is 82.3 Å². The molecule has 0 radical (unpaired) electrons. The highest BCUT2D eigenvalue weighted by Crippen LogP contribution is 2.17. The number of rotatable bonds is 1. The highest BCUT2D eigenvalue weighted by atomic mass is 16.6. The predicted molar refractivity (Wildman–Crippen MR) is 51.1 cm³/mol. The van der Waals surface area contributed by atoms with Crippen molar-refractivity contribution in [3.8, 4) is 0 Å². The van der Waals surface area contributed by atoms with Gasteiger partial charge in [-0.2, -0.15) is 0 Å². The highest BCUT2D eigenvalue weighted by molar-refractivity contribution is 5.98. The second kappa shape index (κ2) is 3.65. The van der Waals surface area contributed by atoms with E-state index in [4.69, 9.17) is 0 Å². The van der Waals surface area contributed by atoms with Crippen molar-refractivity contribution in [1.82, 2.24) is 4.98 Å². The van der Waals surface area contributed by atoms with Gasteiger partial charge < -0.3 is 9.72 Å². The van der Waals surface area contributed by atoms with E-state index < -0.39 is 11.9 Å². The van der Waals surface area contributed by atoms with Crippen molar-refractivity contribution in [1.29, 1.82) is 0 Å². The summed E-state index contributed by atoms with van der Waals surface area (Å²) in [6.45, 7) is 6.67. The zero-order chi connectivity index (χ0) is 10.9. The van der Waals surface area contributed by atoms with Crippen LogP contribution in [0.3, 0.4) is 0 Å². The standard InChI is InChI=1S/C10H13NO3/c1-5-6(2)11-7(3)9(5)10(13)14-8(4)12/h11H,1-4H3. The minimum Gasteiger partial charge on any atom is -0.390 e. The lowest BCUT2D eigenvalue weighted by Gasteiger charge is -2.00. The molecule has 4 nitrogen and oxygen atoms in total. The van der Waals surface area contributed by atoms with Crippen molar-refractivity contribution in [3.05, 3.63) is 22.5 Å². The molecule has 14 heavy (non-hydrogen) atoms. The number of carbonyl (C=O) groups excluding carboxylic acids is 2. The maximum atomic E-state index is 11.4. The van der Waals surface area contributed by atoms with Gasteiger partial charge in [0.25, 0.3) is 0 Å². The fourth-order valence-corrected chi connectivity index (χ4v) is 1.39. The number of hydrogen-bond donors (Lipinski definition) is 1. The van der Waals surface area contributed by atoms with Gasteiger partial charge in [0, 0.05) is 18.3 Å². The molecular formula is C10H13NO3. The normalized spacial score (nSPS) is 10.0. The van der Waals surface area contributed by atoms with E-state index in [1.54, 1.807) is 6.92 Å². The molecule has 0 fully saturated rings. The van der Waals surface area contributed by atoms with Crippen LogP contribution in [0.25, 0.3) is 0 Å². The van der Waals surface area contributed by atoms with Gasteiger partial charge in [-0.1, -0.05) is 0 Å². The van der Waals surface area contributed by atoms with Crippen molar-refractivity contribution < 1.29 is 14.3 Å². The Bertz CT molecular complexity index is 390. The molecule has 0 aliphatic carbocycles. The van der Waals surface area contributed by atoms with E-state index in [1.807, 2.05) is 13.8 Å². The third kappa shape index (κ3) is 1.84. The molecule has 0 saturated heterocycles. The van der Waals surface area contributed by atoms with Crippen molar-refractivity contribution in [2.45, 2.75) is 27.7 Å². The Balaban J connectivity index is 3.06. The number of ether oxygens (including phenoxy) is 1. The summed E-state index contributed by atoms with van der Waals surface area (Å²) >= 11 is 0. The van der Waals surface area contributed by atoms with E-state index in [0.717, 1.165) is 17.0 Å². The lowest BCUT2D eigenvalue weighted by atomic mass is 10.1. The molecule has 1 N–H and O–H groups in total. The van der Waals surface area contributed by atoms with Crippen LogP contribution < -0.4 is 0 Å². The summed E-state index contributed by atoms with van der Waals surface area (Å²) in [4.78, 5) is 25.1. The van der Waals surface area contributed by atoms with E-state index in [-0.39, 0.29) is 0 Å². The number of H-pyrrole nitrogens is 1. The lowest BCUT2D eigenvalue weighted by molar-refractivity contribution is -0.135. The van der Waals surface area contributed by atoms with Crippen molar-refractivity contribution >= 4 is 11.9 Å². The van der Waals surface area contributed by atoms with E-state index >= 15 is 0 Å². The lowest BCUT2D eigenvalue weighted by Crippen LogP contribution is -2.10. The van der Waals surface area contributed by atoms with Crippen LogP contribution >= 0.6 is 0 Å². The number of carbonyl (C=O) groups is 2. The van der Waals surface area contributed by atoms with Crippen LogP contribution in [0.5, 0.6) is 0 Å². The fraction of sp³-hybridized carbons (Fsp3) is 0.400. The van der Waals surface area contributed by atoms with Gasteiger partial charge in [0.2, 0.25) is 0 Å². The Morgan fingerprint density at radius 3 is 2.07 bits per heavy atom. The maximum Gasteiger partial charge on any atom is 0.347 e. The molecule has 1 rings (SSSR count). The number of esters is 2. The molecule has 76 valence electrons. The molecule has 1 aromatic heterocycles. The van der Waals surface area contributed by atoms with Crippen molar-refractivity contribution in [3.63, 3.8) is 0 Å². The number of hydrogen-bond acceptors (Lipinski definition) is 3. The van der Waals surface area contributed by atoms with Crippen LogP contribution in [0, 0.1) is 20.8 Å². The second-order valence-corrected chi connectivity index (χ2v) is 3.26. The zero-order valence-corrected chi connectivity index (χ0v) is 8.72. The van der Waals surface area contributed by atoms with E-state index in [2.05, 4.69) is 9.72 Å². The first kappa shape index (κ1) is 10.5. The second-order valence-electron chi connectivity index (χ2n) is 3.26. The topological polar surface area (TPSA) is 59.2 Å². The maximum absolute atomic E-state index is 11.4. The van der Waals surface area contributed by atoms with E-state index in [9.17, 15) is 9.59 Å². The Morgan fingerprint density at radius 1 is 1.14 bits per heavy atom. The van der Waals surface area contributed by atoms with Crippen LogP contribution in [-0.4, -0.2) is 16.9 Å². The molecule has 0 unspecified atom stereocenters. The molecule has 0 atom stereocenters. The molecule has 1 aromatic rings. The van der Waals surface area contributed by atoms with Gasteiger partial charge in [-0.3, -0.25) is 4.79 Å². The van der Waals surface area contributed by atoms with Gasteiger partial charge in [0.1, 0.15) is 0 Å². The molecule has 1 heterocycles. The molecule has 0 aliphatic heterocycles. The minimum absolute atomic E-state index is 0.456. The van der Waals surface area contributed by atoms with E-state index in [0.29, 0.717) is 5.56 Å². The van der Waals surface area contributed by atoms with Crippen LogP contribution in [0.1, 0.15) is 34.2 Å². The van der Waals surface area contributed by atoms with Gasteiger partial charge in [-0.15, -0.1) is 0 Å². The predicted octanol–water partition coefficient (Wildman–Crippen LogP) is 1.64. The molecule has 0 aliphatic rings. The smallest absolute Gasteiger partial charge is 0.347 e. The molecule has 4 heteroatoms. The average Bonchev–Trinajstić information content (AvgIpc) is 2.25. The first-order valence-electron chi connectivity index (χ1n) is 4.32. The summed E-state index contributed by atoms with van der Waals surface area (Å²) in [5, 5.41) is 0. The van der Waals surface area contributed by atoms with Crippen molar-refractivity contribution in [2.75, 3.05) is 0 Å². The third-order valence-electron chi connectivity index (χ3n) is 2.13. The molecule has 0 spiro atoms. The van der Waals surface area contributed by atoms with Gasteiger partial charge >= 0.3 is 11.9 Å². The monoisotopic (exact) mass is 195 g/mol. The molecule has 0 bridgehead atoms. The van der Waals surface area contributed by atoms with Crippen molar-refractivity contribution in [2.24, 2.45) is 0 Å². The summed E-state index contributed by atoms with van der Waals surface area (Å²) in [7, 11) is 0. The number of aryl methyl sites for hydroxylation is 2. The summed E-state index contributed by atoms with van der Waals surface area (Å²) in [6, 6.07) is 0. The van der Waals surface area contributed by atoms with Gasteiger partial charge in [-0.05, 0) is 26.3 Å². The fourth-order valence-electron chi connectivity index (χ4n) is 1.39. The number of aromatic nitrogens is 1. The Kier molecular flexibility index (Phi) is 2.74. The SMILES string of the molecule is CC(=O)OC(=O)c1c(C)[nH]c(C)c1C. The average molecular weight is 195 g/mol. The summed E-state index contributed by atoms with van der Waals surface area (Å²) in [6.07, 6.45) is 0. The largest absolute Gasteiger partial charge is 0.390 e. The summed E-state index contributed by atoms with van der Waals surface area (Å²) < 4.78 is 4.51. The van der Waals surface area contributed by atoms with E-state index in [1.165, 1.54) is 6.92 Å². The number of aromatic amines is 1. The highest BCUT2D eigenvalue weighted by Gasteiger charge is 2.18. The number of nitrogens with one attached hydrogen (secondary N) is 1. The van der Waals surface area contributed by atoms with Gasteiger partial charge in [-0.25, -0.2) is 4.79 Å². The molecule has 0 aromatic carbocycles. The molecule has 0 amide bonds. The van der Waals surface area contributed by atoms with Gasteiger partial charge in [0.15, 0.2) is 0 Å². The summed E-state index contributed by atoms with van der Waals surface area (Å²) in [5.41, 5.74) is 2.93. The van der Waals surface area contributed by atoms with Crippen LogP contribution in [0.4, 0.5) is 0 Å². The van der Waals surface area contributed by atoms with Crippen LogP contribution in [0.15, 0.2) is 0 Å². The molecular weight excluding hydrogens is 182 g/mol. The molecule has 0 saturated carbocycles. The third-order valence-corrected chi connectivity index (χ3v) is 2.13. The zero-order valence-electron chi connectivity index (χ0n) is 8.72. The summed E-state index contributed by atoms with van der Waals surface area (Å²) in [5.74, 6) is -1.18. The first-order valence-corrected chi connectivity index (χ1v) is 4.32.